The van der Waals surface area contributed by atoms with Crippen LogP contribution in [0, 0.1) is 0 Å². The maximum Gasteiger partial charge on any atom is 0.350 e. The number of hydrogen-bond donors (Lipinski definition) is 1. The second-order valence-corrected chi connectivity index (χ2v) is 7.69. The zero-order chi connectivity index (χ0) is 20.4. The van der Waals surface area contributed by atoms with Crippen LogP contribution in [-0.4, -0.2) is 25.6 Å². The number of rotatable bonds is 5. The Morgan fingerprint density at radius 2 is 1.83 bits per heavy atom. The highest BCUT2D eigenvalue weighted by Crippen LogP contribution is 2.37. The first-order valence-corrected chi connectivity index (χ1v) is 9.97. The molecular weight excluding hydrogens is 410 g/mol. The summed E-state index contributed by atoms with van der Waals surface area (Å²) in [5.74, 6) is -0.387. The monoisotopic (exact) mass is 425 g/mol. The Kier molecular flexibility index (Phi) is 5.38. The fraction of sp³-hybridized carbons (Fsp3) is 0.0909. The topological polar surface area (TPSA) is 64.6 Å². The van der Waals surface area contributed by atoms with Crippen molar-refractivity contribution in [2.45, 2.75) is 0 Å². The van der Waals surface area contributed by atoms with E-state index in [4.69, 9.17) is 21.1 Å². The fourth-order valence-electron chi connectivity index (χ4n) is 3.02. The summed E-state index contributed by atoms with van der Waals surface area (Å²) in [5, 5.41) is 5.76. The predicted octanol–water partition coefficient (Wildman–Crippen LogP) is 5.51. The maximum absolute atomic E-state index is 12.5. The van der Waals surface area contributed by atoms with Gasteiger partial charge in [0.1, 0.15) is 10.6 Å². The molecule has 0 radical (unpaired) electrons. The number of halogens is 1. The van der Waals surface area contributed by atoms with E-state index in [2.05, 4.69) is 5.32 Å². The number of fused-ring (bicyclic) bond motifs is 2. The number of thiophene rings is 1. The van der Waals surface area contributed by atoms with Crippen molar-refractivity contribution in [1.82, 2.24) is 0 Å². The molecule has 0 spiro atoms. The van der Waals surface area contributed by atoms with Crippen LogP contribution in [0.15, 0.2) is 60.7 Å². The highest BCUT2D eigenvalue weighted by Gasteiger charge is 2.20. The van der Waals surface area contributed by atoms with Gasteiger partial charge in [0.25, 0.3) is 5.91 Å². The van der Waals surface area contributed by atoms with Crippen LogP contribution in [-0.2, 0) is 9.53 Å². The molecular formula is C22H16ClNO4S. The van der Waals surface area contributed by atoms with Crippen molar-refractivity contribution in [3.63, 3.8) is 0 Å². The lowest BCUT2D eigenvalue weighted by Crippen LogP contribution is -2.20. The first kappa shape index (κ1) is 19.2. The molecule has 1 N–H and O–H groups in total. The molecule has 0 aliphatic heterocycles. The minimum absolute atomic E-state index is 0.257. The third-order valence-corrected chi connectivity index (χ3v) is 6.06. The molecule has 0 unspecified atom stereocenters. The van der Waals surface area contributed by atoms with Crippen molar-refractivity contribution in [3.8, 4) is 5.75 Å². The molecule has 0 saturated heterocycles. The van der Waals surface area contributed by atoms with Gasteiger partial charge in [-0.05, 0) is 29.7 Å². The molecule has 146 valence electrons. The van der Waals surface area contributed by atoms with E-state index in [9.17, 15) is 9.59 Å². The summed E-state index contributed by atoms with van der Waals surface area (Å²) in [5.41, 5.74) is 0.663. The summed E-state index contributed by atoms with van der Waals surface area (Å²) >= 11 is 7.53. The number of carbonyl (C=O) groups excluding carboxylic acids is 2. The number of benzene rings is 3. The number of methoxy groups -OCH3 is 1. The summed E-state index contributed by atoms with van der Waals surface area (Å²) in [4.78, 5) is 25.0. The van der Waals surface area contributed by atoms with E-state index in [0.29, 0.717) is 16.5 Å². The third-order valence-electron chi connectivity index (χ3n) is 4.42. The smallest absolute Gasteiger partial charge is 0.350 e. The van der Waals surface area contributed by atoms with Gasteiger partial charge in [0.2, 0.25) is 0 Å². The fourth-order valence-corrected chi connectivity index (χ4v) is 4.45. The number of amides is 1. The van der Waals surface area contributed by atoms with E-state index in [0.717, 1.165) is 20.9 Å². The number of ether oxygens (including phenoxy) is 2. The Bertz CT molecular complexity index is 1230. The molecule has 1 amide bonds. The minimum atomic E-state index is -0.636. The Labute approximate surface area is 175 Å². The number of carbonyl (C=O) groups is 2. The second-order valence-electron chi connectivity index (χ2n) is 6.26. The highest BCUT2D eigenvalue weighted by atomic mass is 35.5. The molecule has 0 bridgehead atoms. The van der Waals surface area contributed by atoms with Gasteiger partial charge in [0, 0.05) is 21.2 Å². The van der Waals surface area contributed by atoms with Gasteiger partial charge in [-0.1, -0.05) is 48.0 Å². The van der Waals surface area contributed by atoms with Crippen LogP contribution in [0.3, 0.4) is 0 Å². The van der Waals surface area contributed by atoms with E-state index in [1.807, 2.05) is 36.4 Å². The molecule has 5 nitrogen and oxygen atoms in total. The standard InChI is InChI=1S/C22H16ClNO4S/c1-27-14-9-10-16-18(11-14)29-21(20(16)23)22(26)28-12-19(25)24-17-8-4-6-13-5-2-3-7-15(13)17/h2-11H,12H2,1H3,(H,24,25). The van der Waals surface area contributed by atoms with Crippen molar-refractivity contribution in [2.75, 3.05) is 19.0 Å². The molecule has 4 rings (SSSR count). The number of nitrogens with one attached hydrogen (secondary N) is 1. The highest BCUT2D eigenvalue weighted by molar-refractivity contribution is 7.21. The van der Waals surface area contributed by atoms with Gasteiger partial charge in [-0.3, -0.25) is 4.79 Å². The molecule has 29 heavy (non-hydrogen) atoms. The van der Waals surface area contributed by atoms with Crippen LogP contribution in [0.4, 0.5) is 5.69 Å². The van der Waals surface area contributed by atoms with Crippen molar-refractivity contribution < 1.29 is 19.1 Å². The zero-order valence-corrected chi connectivity index (χ0v) is 17.0. The van der Waals surface area contributed by atoms with Gasteiger partial charge >= 0.3 is 5.97 Å². The molecule has 0 saturated carbocycles. The first-order valence-electron chi connectivity index (χ1n) is 8.77. The average molecular weight is 426 g/mol. The lowest BCUT2D eigenvalue weighted by Gasteiger charge is -2.09. The Morgan fingerprint density at radius 3 is 2.66 bits per heavy atom. The van der Waals surface area contributed by atoms with Crippen LogP contribution in [0.2, 0.25) is 5.02 Å². The van der Waals surface area contributed by atoms with Gasteiger partial charge in [0.15, 0.2) is 6.61 Å². The van der Waals surface area contributed by atoms with Gasteiger partial charge in [-0.15, -0.1) is 11.3 Å². The Balaban J connectivity index is 1.46. The van der Waals surface area contributed by atoms with Crippen LogP contribution in [0.5, 0.6) is 5.75 Å². The van der Waals surface area contributed by atoms with E-state index < -0.39 is 18.5 Å². The molecule has 7 heteroatoms. The van der Waals surface area contributed by atoms with E-state index >= 15 is 0 Å². The zero-order valence-electron chi connectivity index (χ0n) is 15.4. The molecule has 0 aliphatic carbocycles. The van der Waals surface area contributed by atoms with Gasteiger partial charge < -0.3 is 14.8 Å². The normalized spacial score (nSPS) is 10.8. The molecule has 3 aromatic carbocycles. The largest absolute Gasteiger partial charge is 0.497 e. The van der Waals surface area contributed by atoms with Crippen LogP contribution in [0.1, 0.15) is 9.67 Å². The molecule has 0 atom stereocenters. The summed E-state index contributed by atoms with van der Waals surface area (Å²) in [7, 11) is 1.57. The van der Waals surface area contributed by atoms with Gasteiger partial charge in [-0.25, -0.2) is 4.79 Å². The Morgan fingerprint density at radius 1 is 1.03 bits per heavy atom. The summed E-state index contributed by atoms with van der Waals surface area (Å²) in [6.07, 6.45) is 0. The number of hydrogen-bond acceptors (Lipinski definition) is 5. The quantitative estimate of drug-likeness (QED) is 0.428. The minimum Gasteiger partial charge on any atom is -0.497 e. The van der Waals surface area contributed by atoms with Crippen LogP contribution < -0.4 is 10.1 Å². The SMILES string of the molecule is COc1ccc2c(Cl)c(C(=O)OCC(=O)Nc3cccc4ccccc34)sc2c1. The second kappa shape index (κ2) is 8.11. The number of esters is 1. The van der Waals surface area contributed by atoms with Crippen molar-refractivity contribution in [1.29, 1.82) is 0 Å². The van der Waals surface area contributed by atoms with Crippen molar-refractivity contribution in [3.05, 3.63) is 70.6 Å². The van der Waals surface area contributed by atoms with Crippen molar-refractivity contribution >= 4 is 61.4 Å². The summed E-state index contributed by atoms with van der Waals surface area (Å²) < 4.78 is 11.2. The molecule has 4 aromatic rings. The first-order chi connectivity index (χ1) is 14.1. The molecule has 0 aliphatic rings. The molecule has 0 fully saturated rings. The molecule has 1 heterocycles. The lowest BCUT2D eigenvalue weighted by atomic mass is 10.1. The van der Waals surface area contributed by atoms with Crippen molar-refractivity contribution in [2.24, 2.45) is 0 Å². The van der Waals surface area contributed by atoms with Gasteiger partial charge in [0.05, 0.1) is 12.1 Å². The third kappa shape index (κ3) is 3.90. The van der Waals surface area contributed by atoms with E-state index in [-0.39, 0.29) is 4.88 Å². The maximum atomic E-state index is 12.5. The predicted molar refractivity (Wildman–Crippen MR) is 116 cm³/mol. The summed E-state index contributed by atoms with van der Waals surface area (Å²) in [6, 6.07) is 18.7. The lowest BCUT2D eigenvalue weighted by molar-refractivity contribution is -0.119. The van der Waals surface area contributed by atoms with E-state index in [1.54, 1.807) is 31.4 Å². The molecule has 1 aromatic heterocycles. The van der Waals surface area contributed by atoms with E-state index in [1.165, 1.54) is 11.3 Å². The Hall–Kier alpha value is -3.09. The van der Waals surface area contributed by atoms with Crippen LogP contribution >= 0.6 is 22.9 Å². The van der Waals surface area contributed by atoms with Crippen LogP contribution in [0.25, 0.3) is 20.9 Å². The average Bonchev–Trinajstić information content (AvgIpc) is 3.08. The van der Waals surface area contributed by atoms with Gasteiger partial charge in [-0.2, -0.15) is 0 Å². The number of anilines is 1. The summed E-state index contributed by atoms with van der Waals surface area (Å²) in [6.45, 7) is -0.407.